The van der Waals surface area contributed by atoms with E-state index in [9.17, 15) is 0 Å². The van der Waals surface area contributed by atoms with Crippen LogP contribution in [0.4, 0.5) is 0 Å². The summed E-state index contributed by atoms with van der Waals surface area (Å²) in [5.74, 6) is 0. The van der Waals surface area contributed by atoms with Crippen LogP contribution in [0, 0.1) is 0 Å². The van der Waals surface area contributed by atoms with Gasteiger partial charge in [-0.25, -0.2) is 0 Å². The molecule has 0 aliphatic carbocycles. The molecule has 9 heavy (non-hydrogen) atoms. The normalized spacial score (nSPS) is 18.0. The molecule has 0 rings (SSSR count). The van der Waals surface area contributed by atoms with E-state index in [1.165, 1.54) is 0 Å². The molecular formula is C7H17NO. The topological polar surface area (TPSA) is 12.5 Å². The highest BCUT2D eigenvalue weighted by atomic mass is 16.5. The summed E-state index contributed by atoms with van der Waals surface area (Å²) in [6.45, 7) is 4.22. The molecule has 0 spiro atoms. The first-order valence-corrected chi connectivity index (χ1v) is 3.28. The van der Waals surface area contributed by atoms with Crippen LogP contribution in [0.3, 0.4) is 0 Å². The number of hydrogen-bond donors (Lipinski definition) is 0. The van der Waals surface area contributed by atoms with E-state index in [1.807, 2.05) is 0 Å². The molecule has 2 unspecified atom stereocenters. The number of likely N-dealkylation sites (N-methyl/N-ethyl adjacent to an activating group) is 1. The van der Waals surface area contributed by atoms with Crippen LogP contribution in [-0.2, 0) is 4.74 Å². The van der Waals surface area contributed by atoms with Gasteiger partial charge in [0.2, 0.25) is 0 Å². The van der Waals surface area contributed by atoms with Crippen molar-refractivity contribution in [2.24, 2.45) is 0 Å². The maximum absolute atomic E-state index is 5.13. The average molecular weight is 131 g/mol. The van der Waals surface area contributed by atoms with Crippen molar-refractivity contribution < 1.29 is 4.74 Å². The molecule has 0 aliphatic rings. The summed E-state index contributed by atoms with van der Waals surface area (Å²) in [5.41, 5.74) is 0. The first kappa shape index (κ1) is 8.92. The van der Waals surface area contributed by atoms with E-state index in [0.29, 0.717) is 12.1 Å². The lowest BCUT2D eigenvalue weighted by Gasteiger charge is -2.24. The molecule has 0 amide bonds. The van der Waals surface area contributed by atoms with Crippen molar-refractivity contribution in [2.45, 2.75) is 26.0 Å². The van der Waals surface area contributed by atoms with Crippen molar-refractivity contribution in [3.05, 3.63) is 0 Å². The first-order valence-electron chi connectivity index (χ1n) is 3.28. The Balaban J connectivity index is 3.58. The third kappa shape index (κ3) is 2.82. The minimum atomic E-state index is 0.319. The highest BCUT2D eigenvalue weighted by Gasteiger charge is 2.11. The van der Waals surface area contributed by atoms with Gasteiger partial charge in [-0.2, -0.15) is 0 Å². The second kappa shape index (κ2) is 3.85. The molecule has 0 aliphatic heterocycles. The van der Waals surface area contributed by atoms with E-state index in [4.69, 9.17) is 4.74 Å². The zero-order valence-electron chi connectivity index (χ0n) is 7.01. The summed E-state index contributed by atoms with van der Waals surface area (Å²) in [6.07, 6.45) is 0.319. The lowest BCUT2D eigenvalue weighted by Crippen LogP contribution is -2.35. The molecule has 56 valence electrons. The van der Waals surface area contributed by atoms with Gasteiger partial charge in [-0.3, -0.25) is 0 Å². The van der Waals surface area contributed by atoms with Gasteiger partial charge in [0.05, 0.1) is 6.10 Å². The fourth-order valence-electron chi connectivity index (χ4n) is 0.617. The van der Waals surface area contributed by atoms with Crippen molar-refractivity contribution in [2.75, 3.05) is 21.2 Å². The quantitative estimate of drug-likeness (QED) is 0.566. The van der Waals surface area contributed by atoms with Crippen LogP contribution in [0.5, 0.6) is 0 Å². The van der Waals surface area contributed by atoms with E-state index >= 15 is 0 Å². The minimum Gasteiger partial charge on any atom is -0.380 e. The Hall–Kier alpha value is -0.0800. The molecular weight excluding hydrogens is 114 g/mol. The lowest BCUT2D eigenvalue weighted by molar-refractivity contribution is 0.0533. The molecule has 0 saturated carbocycles. The molecule has 0 heterocycles. The van der Waals surface area contributed by atoms with Crippen LogP contribution in [-0.4, -0.2) is 38.3 Å². The summed E-state index contributed by atoms with van der Waals surface area (Å²) in [6, 6.07) is 0.495. The van der Waals surface area contributed by atoms with Crippen LogP contribution in [0.1, 0.15) is 13.8 Å². The predicted octanol–water partition coefficient (Wildman–Crippen LogP) is 0.971. The van der Waals surface area contributed by atoms with Gasteiger partial charge in [-0.15, -0.1) is 0 Å². The number of rotatable bonds is 3. The Morgan fingerprint density at radius 1 is 1.22 bits per heavy atom. The maximum Gasteiger partial charge on any atom is 0.0695 e. The fourth-order valence-corrected chi connectivity index (χ4v) is 0.617. The monoisotopic (exact) mass is 131 g/mol. The van der Waals surface area contributed by atoms with Gasteiger partial charge in [0, 0.05) is 13.2 Å². The van der Waals surface area contributed by atoms with E-state index < -0.39 is 0 Å². The Kier molecular flexibility index (Phi) is 3.82. The Bertz CT molecular complexity index is 73.3. The standard InChI is InChI=1S/C7H17NO/c1-6(8(3)4)7(2)9-5/h6-7H,1-5H3. The van der Waals surface area contributed by atoms with Gasteiger partial charge in [0.15, 0.2) is 0 Å². The highest BCUT2D eigenvalue weighted by molar-refractivity contribution is 4.66. The number of hydrogen-bond acceptors (Lipinski definition) is 2. The third-order valence-corrected chi connectivity index (χ3v) is 1.87. The van der Waals surface area contributed by atoms with E-state index in [1.54, 1.807) is 7.11 Å². The SMILES string of the molecule is COC(C)C(C)N(C)C. The van der Waals surface area contributed by atoms with Gasteiger partial charge >= 0.3 is 0 Å². The van der Waals surface area contributed by atoms with E-state index in [-0.39, 0.29) is 0 Å². The van der Waals surface area contributed by atoms with Crippen LogP contribution >= 0.6 is 0 Å². The molecule has 0 radical (unpaired) electrons. The van der Waals surface area contributed by atoms with E-state index in [2.05, 4.69) is 32.8 Å². The molecule has 0 aromatic rings. The lowest BCUT2D eigenvalue weighted by atomic mass is 10.2. The van der Waals surface area contributed by atoms with Gasteiger partial charge in [0.25, 0.3) is 0 Å². The zero-order valence-corrected chi connectivity index (χ0v) is 7.01. The Morgan fingerprint density at radius 2 is 1.67 bits per heavy atom. The molecule has 0 fully saturated rings. The van der Waals surface area contributed by atoms with Crippen LogP contribution in [0.25, 0.3) is 0 Å². The Labute approximate surface area is 57.8 Å². The molecule has 2 heteroatoms. The van der Waals surface area contributed by atoms with Crippen molar-refractivity contribution in [3.8, 4) is 0 Å². The maximum atomic E-state index is 5.13. The van der Waals surface area contributed by atoms with Gasteiger partial charge < -0.3 is 9.64 Å². The largest absolute Gasteiger partial charge is 0.380 e. The number of methoxy groups -OCH3 is 1. The second-order valence-electron chi connectivity index (χ2n) is 2.65. The third-order valence-electron chi connectivity index (χ3n) is 1.87. The summed E-state index contributed by atoms with van der Waals surface area (Å²) in [5, 5.41) is 0. The van der Waals surface area contributed by atoms with Gasteiger partial charge in [-0.05, 0) is 27.9 Å². The number of nitrogens with zero attached hydrogens (tertiary/aromatic N) is 1. The van der Waals surface area contributed by atoms with E-state index in [0.717, 1.165) is 0 Å². The molecule has 2 nitrogen and oxygen atoms in total. The highest BCUT2D eigenvalue weighted by Crippen LogP contribution is 2.00. The summed E-state index contributed by atoms with van der Waals surface area (Å²) >= 11 is 0. The molecule has 0 N–H and O–H groups in total. The van der Waals surface area contributed by atoms with Crippen LogP contribution in [0.15, 0.2) is 0 Å². The first-order chi connectivity index (χ1) is 4.09. The molecule has 0 saturated heterocycles. The number of ether oxygens (including phenoxy) is 1. The van der Waals surface area contributed by atoms with Gasteiger partial charge in [-0.1, -0.05) is 0 Å². The zero-order chi connectivity index (χ0) is 7.44. The summed E-state index contributed by atoms with van der Waals surface area (Å²) in [7, 11) is 5.85. The van der Waals surface area contributed by atoms with Crippen molar-refractivity contribution in [1.29, 1.82) is 0 Å². The predicted molar refractivity (Wildman–Crippen MR) is 39.6 cm³/mol. The van der Waals surface area contributed by atoms with Crippen molar-refractivity contribution >= 4 is 0 Å². The molecule has 2 atom stereocenters. The fraction of sp³-hybridized carbons (Fsp3) is 1.00. The molecule has 0 aromatic heterocycles. The summed E-state index contributed by atoms with van der Waals surface area (Å²) < 4.78 is 5.13. The van der Waals surface area contributed by atoms with Crippen molar-refractivity contribution in [1.82, 2.24) is 4.90 Å². The average Bonchev–Trinajstić information content (AvgIpc) is 1.84. The molecule has 0 bridgehead atoms. The van der Waals surface area contributed by atoms with Crippen LogP contribution in [0.2, 0.25) is 0 Å². The van der Waals surface area contributed by atoms with Crippen LogP contribution < -0.4 is 0 Å². The smallest absolute Gasteiger partial charge is 0.0695 e. The second-order valence-corrected chi connectivity index (χ2v) is 2.65. The molecule has 0 aromatic carbocycles. The minimum absolute atomic E-state index is 0.319. The Morgan fingerprint density at radius 3 is 1.78 bits per heavy atom. The summed E-state index contributed by atoms with van der Waals surface area (Å²) in [4.78, 5) is 2.15. The van der Waals surface area contributed by atoms with Gasteiger partial charge in [0.1, 0.15) is 0 Å². The van der Waals surface area contributed by atoms with Crippen molar-refractivity contribution in [3.63, 3.8) is 0 Å².